The molecule has 1 aromatic heterocycles. The fourth-order valence-electron chi connectivity index (χ4n) is 2.49. The van der Waals surface area contributed by atoms with E-state index in [1.165, 1.54) is 0 Å². The number of hydrogen-bond acceptors (Lipinski definition) is 8. The highest BCUT2D eigenvalue weighted by Crippen LogP contribution is 2.35. The van der Waals surface area contributed by atoms with Gasteiger partial charge >= 0.3 is 0 Å². The van der Waals surface area contributed by atoms with Gasteiger partial charge in [0.1, 0.15) is 0 Å². The minimum atomic E-state index is 0.286. The minimum Gasteiger partial charge on any atom is -0.454 e. The van der Waals surface area contributed by atoms with Crippen LogP contribution in [0.3, 0.4) is 0 Å². The molecule has 2 heterocycles. The van der Waals surface area contributed by atoms with E-state index in [1.807, 2.05) is 62.1 Å². The molecule has 1 aliphatic rings. The Morgan fingerprint density at radius 1 is 0.880 bits per heavy atom. The Morgan fingerprint density at radius 2 is 1.52 bits per heavy atom. The highest BCUT2D eigenvalue weighted by molar-refractivity contribution is 5.49. The molecule has 0 spiro atoms. The first-order chi connectivity index (χ1) is 12.0. The highest BCUT2D eigenvalue weighted by Gasteiger charge is 2.18. The number of fused-ring (bicyclic) bond motifs is 1. The fraction of sp³-hybridized carbons (Fsp3) is 0.471. The summed E-state index contributed by atoms with van der Waals surface area (Å²) in [5.41, 5.74) is 1.12. The smallest absolute Gasteiger partial charge is 0.231 e. The van der Waals surface area contributed by atoms with E-state index < -0.39 is 0 Å². The lowest BCUT2D eigenvalue weighted by atomic mass is 10.1. The Morgan fingerprint density at radius 3 is 2.16 bits per heavy atom. The van der Waals surface area contributed by atoms with Crippen molar-refractivity contribution in [2.75, 3.05) is 63.3 Å². The zero-order valence-corrected chi connectivity index (χ0v) is 15.4. The molecule has 134 valence electrons. The van der Waals surface area contributed by atoms with Crippen molar-refractivity contribution in [3.63, 3.8) is 0 Å². The van der Waals surface area contributed by atoms with E-state index in [0.717, 1.165) is 30.0 Å². The van der Waals surface area contributed by atoms with E-state index in [1.54, 1.807) is 0 Å². The summed E-state index contributed by atoms with van der Waals surface area (Å²) in [7, 11) is 9.66. The molecule has 3 rings (SSSR count). The zero-order chi connectivity index (χ0) is 18.0. The monoisotopic (exact) mass is 344 g/mol. The van der Waals surface area contributed by atoms with Gasteiger partial charge in [-0.25, -0.2) is 0 Å². The molecule has 1 aliphatic heterocycles. The molecule has 0 radical (unpaired) electrons. The van der Waals surface area contributed by atoms with Crippen LogP contribution in [-0.2, 0) is 6.42 Å². The summed E-state index contributed by atoms with van der Waals surface area (Å²) in [4.78, 5) is 19.3. The van der Waals surface area contributed by atoms with Gasteiger partial charge in [0.25, 0.3) is 0 Å². The maximum Gasteiger partial charge on any atom is 0.231 e. The van der Waals surface area contributed by atoms with Crippen LogP contribution >= 0.6 is 0 Å². The quantitative estimate of drug-likeness (QED) is 0.779. The third-order valence-corrected chi connectivity index (χ3v) is 3.94. The summed E-state index contributed by atoms with van der Waals surface area (Å²) in [5.74, 6) is 3.57. The highest BCUT2D eigenvalue weighted by atomic mass is 16.7. The standard InChI is InChI=1S/C17H24N6O2/c1-21(2)15-18-16(22(3)4)20-17(19-15)23(5)10-9-12-7-6-8-13-14(12)25-11-24-13/h6-8H,9-11H2,1-5H3. The normalized spacial score (nSPS) is 12.2. The molecule has 0 aliphatic carbocycles. The van der Waals surface area contributed by atoms with Gasteiger partial charge in [0, 0.05) is 41.8 Å². The van der Waals surface area contributed by atoms with Crippen LogP contribution in [0.25, 0.3) is 0 Å². The van der Waals surface area contributed by atoms with Gasteiger partial charge in [-0.1, -0.05) is 12.1 Å². The van der Waals surface area contributed by atoms with Crippen LogP contribution in [0.2, 0.25) is 0 Å². The van der Waals surface area contributed by atoms with Gasteiger partial charge in [-0.05, 0) is 18.1 Å². The van der Waals surface area contributed by atoms with E-state index >= 15 is 0 Å². The second-order valence-corrected chi connectivity index (χ2v) is 6.35. The molecule has 0 N–H and O–H groups in total. The Hall–Kier alpha value is -2.77. The van der Waals surface area contributed by atoms with Gasteiger partial charge in [0.15, 0.2) is 11.5 Å². The molecule has 0 saturated heterocycles. The lowest BCUT2D eigenvalue weighted by molar-refractivity contribution is 0.173. The zero-order valence-electron chi connectivity index (χ0n) is 15.4. The number of benzene rings is 1. The summed E-state index contributed by atoms with van der Waals surface area (Å²) in [6, 6.07) is 5.97. The van der Waals surface area contributed by atoms with Crippen molar-refractivity contribution >= 4 is 17.8 Å². The number of anilines is 3. The van der Waals surface area contributed by atoms with Crippen molar-refractivity contribution in [2.45, 2.75) is 6.42 Å². The Balaban J connectivity index is 1.77. The topological polar surface area (TPSA) is 66.9 Å². The lowest BCUT2D eigenvalue weighted by Crippen LogP contribution is -2.26. The second-order valence-electron chi connectivity index (χ2n) is 6.35. The molecule has 1 aromatic carbocycles. The summed E-state index contributed by atoms with van der Waals surface area (Å²) in [6.07, 6.45) is 0.809. The predicted octanol–water partition coefficient (Wildman–Crippen LogP) is 1.41. The summed E-state index contributed by atoms with van der Waals surface area (Å²) in [6.45, 7) is 1.04. The van der Waals surface area contributed by atoms with E-state index in [2.05, 4.69) is 21.0 Å². The molecule has 8 heteroatoms. The number of rotatable bonds is 6. The number of likely N-dealkylation sites (N-methyl/N-ethyl adjacent to an activating group) is 1. The largest absolute Gasteiger partial charge is 0.454 e. The van der Waals surface area contributed by atoms with Gasteiger partial charge in [-0.15, -0.1) is 0 Å². The number of ether oxygens (including phenoxy) is 2. The van der Waals surface area contributed by atoms with Gasteiger partial charge in [-0.2, -0.15) is 15.0 Å². The first-order valence-electron chi connectivity index (χ1n) is 8.15. The lowest BCUT2D eigenvalue weighted by Gasteiger charge is -2.21. The van der Waals surface area contributed by atoms with Crippen LogP contribution in [0.4, 0.5) is 17.8 Å². The molecular weight excluding hydrogens is 320 g/mol. The average Bonchev–Trinajstić information content (AvgIpc) is 3.08. The number of nitrogens with zero attached hydrogens (tertiary/aromatic N) is 6. The van der Waals surface area contributed by atoms with E-state index in [-0.39, 0.29) is 6.79 Å². The van der Waals surface area contributed by atoms with Gasteiger partial charge < -0.3 is 24.2 Å². The Bertz CT molecular complexity index is 724. The average molecular weight is 344 g/mol. The van der Waals surface area contributed by atoms with E-state index in [0.29, 0.717) is 17.8 Å². The molecule has 0 fully saturated rings. The fourth-order valence-corrected chi connectivity index (χ4v) is 2.49. The van der Waals surface area contributed by atoms with Gasteiger partial charge in [-0.3, -0.25) is 0 Å². The van der Waals surface area contributed by atoms with Crippen LogP contribution in [0.15, 0.2) is 18.2 Å². The van der Waals surface area contributed by atoms with Crippen LogP contribution in [0.5, 0.6) is 11.5 Å². The molecule has 8 nitrogen and oxygen atoms in total. The van der Waals surface area contributed by atoms with Crippen LogP contribution < -0.4 is 24.2 Å². The molecule has 0 atom stereocenters. The third kappa shape index (κ3) is 3.67. The molecule has 0 amide bonds. The van der Waals surface area contributed by atoms with Crippen LogP contribution in [-0.4, -0.2) is 63.5 Å². The van der Waals surface area contributed by atoms with Crippen molar-refractivity contribution in [2.24, 2.45) is 0 Å². The molecule has 0 unspecified atom stereocenters. The first-order valence-corrected chi connectivity index (χ1v) is 8.15. The maximum atomic E-state index is 5.57. The predicted molar refractivity (Wildman–Crippen MR) is 98.0 cm³/mol. The van der Waals surface area contributed by atoms with Crippen molar-refractivity contribution in [1.82, 2.24) is 15.0 Å². The summed E-state index contributed by atoms with van der Waals surface area (Å²) in [5, 5.41) is 0. The molecular formula is C17H24N6O2. The SMILES string of the molecule is CN(C)c1nc(N(C)C)nc(N(C)CCc2cccc3c2OCO3)n1. The van der Waals surface area contributed by atoms with E-state index in [4.69, 9.17) is 9.47 Å². The second kappa shape index (κ2) is 7.00. The summed E-state index contributed by atoms with van der Waals surface area (Å²) >= 11 is 0. The van der Waals surface area contributed by atoms with Crippen molar-refractivity contribution in [3.05, 3.63) is 23.8 Å². The minimum absolute atomic E-state index is 0.286. The molecule has 0 saturated carbocycles. The Labute approximate surface area is 148 Å². The number of hydrogen-bond donors (Lipinski definition) is 0. The maximum absolute atomic E-state index is 5.57. The van der Waals surface area contributed by atoms with Crippen molar-refractivity contribution in [3.8, 4) is 11.5 Å². The Kier molecular flexibility index (Phi) is 4.78. The van der Waals surface area contributed by atoms with Gasteiger partial charge in [0.2, 0.25) is 24.6 Å². The first kappa shape index (κ1) is 17.1. The van der Waals surface area contributed by atoms with Crippen LogP contribution in [0.1, 0.15) is 5.56 Å². The van der Waals surface area contributed by atoms with E-state index in [9.17, 15) is 0 Å². The van der Waals surface area contributed by atoms with Crippen molar-refractivity contribution in [1.29, 1.82) is 0 Å². The number of aromatic nitrogens is 3. The van der Waals surface area contributed by atoms with Gasteiger partial charge in [0.05, 0.1) is 0 Å². The summed E-state index contributed by atoms with van der Waals surface area (Å²) < 4.78 is 11.0. The van der Waals surface area contributed by atoms with Crippen molar-refractivity contribution < 1.29 is 9.47 Å². The van der Waals surface area contributed by atoms with Crippen LogP contribution in [0, 0.1) is 0 Å². The molecule has 25 heavy (non-hydrogen) atoms. The third-order valence-electron chi connectivity index (χ3n) is 3.94. The molecule has 0 bridgehead atoms. The molecule has 2 aromatic rings. The number of para-hydroxylation sites is 1.